The number of nitrogens with zero attached hydrogens (tertiary/aromatic N) is 1. The molecule has 0 spiro atoms. The van der Waals surface area contributed by atoms with E-state index < -0.39 is 0 Å². The van der Waals surface area contributed by atoms with Gasteiger partial charge in [0.05, 0.1) is 23.2 Å². The minimum Gasteiger partial charge on any atom is -0.496 e. The Hall–Kier alpha value is -1.39. The molecule has 1 aromatic carbocycles. The number of thiazole rings is 1. The highest BCUT2D eigenvalue weighted by molar-refractivity contribution is 7.17. The first-order valence-electron chi connectivity index (χ1n) is 6.76. The molecule has 1 aliphatic rings. The van der Waals surface area contributed by atoms with Gasteiger partial charge in [-0.3, -0.25) is 4.79 Å². The number of carbonyl (C=O) groups is 1. The van der Waals surface area contributed by atoms with Crippen molar-refractivity contribution < 1.29 is 9.53 Å². The highest BCUT2D eigenvalue weighted by atomic mass is 35.5. The van der Waals surface area contributed by atoms with Crippen LogP contribution in [0.15, 0.2) is 18.2 Å². The lowest BCUT2D eigenvalue weighted by Crippen LogP contribution is -2.25. The largest absolute Gasteiger partial charge is 0.496 e. The van der Waals surface area contributed by atoms with Gasteiger partial charge in [0.1, 0.15) is 10.8 Å². The molecule has 110 valence electrons. The molecule has 0 aliphatic heterocycles. The van der Waals surface area contributed by atoms with Crippen molar-refractivity contribution in [1.82, 2.24) is 4.98 Å². The standard InChI is InChI=1S/C16H16ClNO2S/c1-16(2)7-11-14(12(19)8-16)21-15(18-11)10-5-4-9(17)6-13(10)20-3/h4-6H,7-8H2,1-3H3. The van der Waals surface area contributed by atoms with E-state index in [2.05, 4.69) is 18.8 Å². The summed E-state index contributed by atoms with van der Waals surface area (Å²) in [5.74, 6) is 0.873. The Morgan fingerprint density at radius 2 is 2.10 bits per heavy atom. The second kappa shape index (κ2) is 5.11. The van der Waals surface area contributed by atoms with Gasteiger partial charge in [0.15, 0.2) is 5.78 Å². The third kappa shape index (κ3) is 2.70. The number of hydrogen-bond donors (Lipinski definition) is 0. The fraction of sp³-hybridized carbons (Fsp3) is 0.375. The lowest BCUT2D eigenvalue weighted by molar-refractivity contribution is 0.0916. The molecule has 0 radical (unpaired) electrons. The van der Waals surface area contributed by atoms with Gasteiger partial charge < -0.3 is 4.74 Å². The summed E-state index contributed by atoms with van der Waals surface area (Å²) >= 11 is 7.44. The van der Waals surface area contributed by atoms with Crippen LogP contribution < -0.4 is 4.74 Å². The SMILES string of the molecule is COc1cc(Cl)ccc1-c1nc2c(s1)C(=O)CC(C)(C)C2. The van der Waals surface area contributed by atoms with E-state index in [0.717, 1.165) is 27.6 Å². The van der Waals surface area contributed by atoms with E-state index in [1.165, 1.54) is 11.3 Å². The Bertz CT molecular complexity index is 721. The van der Waals surface area contributed by atoms with Gasteiger partial charge in [-0.2, -0.15) is 0 Å². The number of benzene rings is 1. The van der Waals surface area contributed by atoms with Crippen LogP contribution in [-0.2, 0) is 6.42 Å². The van der Waals surface area contributed by atoms with Crippen molar-refractivity contribution >= 4 is 28.7 Å². The van der Waals surface area contributed by atoms with Crippen molar-refractivity contribution in [2.45, 2.75) is 26.7 Å². The third-order valence-corrected chi connectivity index (χ3v) is 5.04. The van der Waals surface area contributed by atoms with Crippen LogP contribution in [0, 0.1) is 5.41 Å². The minimum atomic E-state index is -0.0144. The van der Waals surface area contributed by atoms with Gasteiger partial charge in [-0.15, -0.1) is 11.3 Å². The molecular formula is C16H16ClNO2S. The van der Waals surface area contributed by atoms with Gasteiger partial charge >= 0.3 is 0 Å². The highest BCUT2D eigenvalue weighted by Gasteiger charge is 2.34. The third-order valence-electron chi connectivity index (χ3n) is 3.63. The Labute approximate surface area is 132 Å². The predicted molar refractivity (Wildman–Crippen MR) is 85.5 cm³/mol. The first kappa shape index (κ1) is 14.5. The molecule has 1 heterocycles. The maximum Gasteiger partial charge on any atom is 0.175 e. The molecule has 3 rings (SSSR count). The zero-order valence-corrected chi connectivity index (χ0v) is 13.8. The molecule has 0 saturated carbocycles. The number of aromatic nitrogens is 1. The Kier molecular flexibility index (Phi) is 3.54. The summed E-state index contributed by atoms with van der Waals surface area (Å²) in [5, 5.41) is 1.44. The summed E-state index contributed by atoms with van der Waals surface area (Å²) in [6.07, 6.45) is 1.42. The molecule has 1 aliphatic carbocycles. The summed E-state index contributed by atoms with van der Waals surface area (Å²) < 4.78 is 5.38. The second-order valence-electron chi connectivity index (χ2n) is 6.08. The van der Waals surface area contributed by atoms with Crippen molar-refractivity contribution in [2.24, 2.45) is 5.41 Å². The molecule has 0 fully saturated rings. The van der Waals surface area contributed by atoms with Gasteiger partial charge in [0.2, 0.25) is 0 Å². The number of rotatable bonds is 2. The fourth-order valence-electron chi connectivity index (χ4n) is 2.68. The number of ketones is 1. The smallest absolute Gasteiger partial charge is 0.175 e. The summed E-state index contributed by atoms with van der Waals surface area (Å²) in [6.45, 7) is 4.21. The van der Waals surface area contributed by atoms with Crippen molar-refractivity contribution in [3.63, 3.8) is 0 Å². The molecular weight excluding hydrogens is 306 g/mol. The average molecular weight is 322 g/mol. The molecule has 21 heavy (non-hydrogen) atoms. The summed E-state index contributed by atoms with van der Waals surface area (Å²) in [4.78, 5) is 17.7. The van der Waals surface area contributed by atoms with Crippen LogP contribution in [0.5, 0.6) is 5.75 Å². The number of fused-ring (bicyclic) bond motifs is 1. The molecule has 0 N–H and O–H groups in total. The summed E-state index contributed by atoms with van der Waals surface area (Å²) in [7, 11) is 1.61. The van der Waals surface area contributed by atoms with Gasteiger partial charge in [-0.1, -0.05) is 25.4 Å². The van der Waals surface area contributed by atoms with Crippen molar-refractivity contribution in [1.29, 1.82) is 0 Å². The van der Waals surface area contributed by atoms with Crippen LogP contribution in [0.25, 0.3) is 10.6 Å². The van der Waals surface area contributed by atoms with E-state index in [4.69, 9.17) is 16.3 Å². The Balaban J connectivity index is 2.09. The maximum atomic E-state index is 12.3. The van der Waals surface area contributed by atoms with Crippen molar-refractivity contribution in [2.75, 3.05) is 7.11 Å². The number of carbonyl (C=O) groups excluding carboxylic acids is 1. The molecule has 0 saturated heterocycles. The van der Waals surface area contributed by atoms with Crippen LogP contribution in [0.4, 0.5) is 0 Å². The lowest BCUT2D eigenvalue weighted by Gasteiger charge is -2.26. The van der Waals surface area contributed by atoms with Crippen LogP contribution in [0.2, 0.25) is 5.02 Å². The molecule has 0 unspecified atom stereocenters. The number of methoxy groups -OCH3 is 1. The summed E-state index contributed by atoms with van der Waals surface area (Å²) in [5.41, 5.74) is 1.78. The Morgan fingerprint density at radius 3 is 2.81 bits per heavy atom. The molecule has 2 aromatic rings. The van der Waals surface area contributed by atoms with E-state index >= 15 is 0 Å². The fourth-order valence-corrected chi connectivity index (χ4v) is 3.89. The topological polar surface area (TPSA) is 39.2 Å². The van der Waals surface area contributed by atoms with Crippen LogP contribution in [-0.4, -0.2) is 17.9 Å². The van der Waals surface area contributed by atoms with Crippen LogP contribution in [0.1, 0.15) is 35.6 Å². The molecule has 0 bridgehead atoms. The minimum absolute atomic E-state index is 0.0144. The molecule has 1 aromatic heterocycles. The maximum absolute atomic E-state index is 12.3. The Morgan fingerprint density at radius 1 is 1.33 bits per heavy atom. The van der Waals surface area contributed by atoms with E-state index in [1.807, 2.05) is 12.1 Å². The van der Waals surface area contributed by atoms with Crippen LogP contribution >= 0.6 is 22.9 Å². The molecule has 3 nitrogen and oxygen atoms in total. The monoisotopic (exact) mass is 321 g/mol. The number of Topliss-reactive ketones (excluding diaryl/α,β-unsaturated/α-hetero) is 1. The number of hydrogen-bond acceptors (Lipinski definition) is 4. The van der Waals surface area contributed by atoms with E-state index in [9.17, 15) is 4.79 Å². The van der Waals surface area contributed by atoms with Crippen molar-refractivity contribution in [3.05, 3.63) is 33.8 Å². The predicted octanol–water partition coefficient (Wildman–Crippen LogP) is 4.63. The first-order valence-corrected chi connectivity index (χ1v) is 7.96. The van der Waals surface area contributed by atoms with E-state index in [-0.39, 0.29) is 11.2 Å². The zero-order chi connectivity index (χ0) is 15.2. The van der Waals surface area contributed by atoms with Gasteiger partial charge in [-0.05, 0) is 30.0 Å². The normalized spacial score (nSPS) is 16.7. The van der Waals surface area contributed by atoms with E-state index in [0.29, 0.717) is 17.2 Å². The zero-order valence-electron chi connectivity index (χ0n) is 12.2. The van der Waals surface area contributed by atoms with Gasteiger partial charge in [0.25, 0.3) is 0 Å². The average Bonchev–Trinajstić information content (AvgIpc) is 2.80. The van der Waals surface area contributed by atoms with Gasteiger partial charge in [-0.25, -0.2) is 4.98 Å². The molecule has 0 amide bonds. The van der Waals surface area contributed by atoms with Gasteiger partial charge in [0, 0.05) is 11.4 Å². The van der Waals surface area contributed by atoms with Crippen LogP contribution in [0.3, 0.4) is 0 Å². The van der Waals surface area contributed by atoms with E-state index in [1.54, 1.807) is 13.2 Å². The number of ether oxygens (including phenoxy) is 1. The van der Waals surface area contributed by atoms with Crippen molar-refractivity contribution in [3.8, 4) is 16.3 Å². The highest BCUT2D eigenvalue weighted by Crippen LogP contribution is 2.41. The lowest BCUT2D eigenvalue weighted by atomic mass is 9.78. The quantitative estimate of drug-likeness (QED) is 0.809. The number of halogens is 1. The molecule has 0 atom stereocenters. The second-order valence-corrected chi connectivity index (χ2v) is 7.52. The molecule has 5 heteroatoms. The summed E-state index contributed by atoms with van der Waals surface area (Å²) in [6, 6.07) is 5.47. The first-order chi connectivity index (χ1) is 9.89.